The van der Waals surface area contributed by atoms with Crippen molar-refractivity contribution in [1.29, 1.82) is 0 Å². The predicted octanol–water partition coefficient (Wildman–Crippen LogP) is 1.95. The summed E-state index contributed by atoms with van der Waals surface area (Å²) in [6.45, 7) is 3.41. The number of nitrogens with zero attached hydrogens (tertiary/aromatic N) is 2. The molecule has 22 heavy (non-hydrogen) atoms. The van der Waals surface area contributed by atoms with Crippen LogP contribution in [0.1, 0.15) is 58.3 Å². The largest absolute Gasteiger partial charge is 0.365 e. The molecular weight excluding hydrogens is 280 g/mol. The third kappa shape index (κ3) is 3.80. The monoisotopic (exact) mass is 308 g/mol. The van der Waals surface area contributed by atoms with E-state index >= 15 is 0 Å². The highest BCUT2D eigenvalue weighted by atomic mass is 16.5. The van der Waals surface area contributed by atoms with Crippen LogP contribution in [-0.4, -0.2) is 59.5 Å². The van der Waals surface area contributed by atoms with Crippen LogP contribution in [0.3, 0.4) is 0 Å². The Balaban J connectivity index is 1.48. The molecule has 3 fully saturated rings. The first-order valence-electron chi connectivity index (χ1n) is 8.89. The highest BCUT2D eigenvalue weighted by Gasteiger charge is 2.37. The molecule has 124 valence electrons. The minimum absolute atomic E-state index is 0.0203. The summed E-state index contributed by atoms with van der Waals surface area (Å²) in [6, 6.07) is 0.449. The zero-order valence-corrected chi connectivity index (χ0v) is 13.6. The van der Waals surface area contributed by atoms with E-state index < -0.39 is 6.10 Å². The van der Waals surface area contributed by atoms with Crippen molar-refractivity contribution >= 4 is 11.8 Å². The molecule has 0 N–H and O–H groups in total. The van der Waals surface area contributed by atoms with Crippen molar-refractivity contribution in [3.8, 4) is 0 Å². The summed E-state index contributed by atoms with van der Waals surface area (Å²) >= 11 is 0. The van der Waals surface area contributed by atoms with E-state index in [9.17, 15) is 9.59 Å². The lowest BCUT2D eigenvalue weighted by molar-refractivity contribution is -0.154. The van der Waals surface area contributed by atoms with Crippen molar-refractivity contribution in [2.24, 2.45) is 0 Å². The topological polar surface area (TPSA) is 49.9 Å². The SMILES string of the molecule is C[C@@H](OC1CCCCCC1)C(=O)N1CCN(C2CC2)C(=O)C1. The fourth-order valence-corrected chi connectivity index (χ4v) is 3.63. The number of piperazine rings is 1. The maximum atomic E-state index is 12.5. The van der Waals surface area contributed by atoms with Crippen LogP contribution < -0.4 is 0 Å². The Bertz CT molecular complexity index is 414. The predicted molar refractivity (Wildman–Crippen MR) is 83.4 cm³/mol. The summed E-state index contributed by atoms with van der Waals surface area (Å²) in [7, 11) is 0. The Labute approximate surface area is 133 Å². The molecule has 1 heterocycles. The molecule has 5 nitrogen and oxygen atoms in total. The summed E-state index contributed by atoms with van der Waals surface area (Å²) in [5.74, 6) is 0.0804. The normalized spacial score (nSPS) is 26.0. The van der Waals surface area contributed by atoms with Crippen molar-refractivity contribution in [3.63, 3.8) is 0 Å². The molecule has 5 heteroatoms. The van der Waals surface area contributed by atoms with Crippen molar-refractivity contribution < 1.29 is 14.3 Å². The Morgan fingerprint density at radius 3 is 2.36 bits per heavy atom. The molecule has 1 atom stereocenters. The first-order valence-corrected chi connectivity index (χ1v) is 8.89. The first kappa shape index (κ1) is 15.8. The van der Waals surface area contributed by atoms with Gasteiger partial charge in [0.1, 0.15) is 6.10 Å². The number of carbonyl (C=O) groups is 2. The lowest BCUT2D eigenvalue weighted by atomic mass is 10.1. The standard InChI is InChI=1S/C17H28N2O3/c1-13(22-15-6-4-2-3-5-7-15)17(21)18-10-11-19(14-8-9-14)16(20)12-18/h13-15H,2-12H2,1H3/t13-/m1/s1. The molecule has 0 spiro atoms. The number of hydrogen-bond acceptors (Lipinski definition) is 3. The van der Waals surface area contributed by atoms with E-state index in [1.807, 2.05) is 11.8 Å². The van der Waals surface area contributed by atoms with Crippen LogP contribution >= 0.6 is 0 Å². The molecule has 1 saturated heterocycles. The van der Waals surface area contributed by atoms with Gasteiger partial charge < -0.3 is 14.5 Å². The average molecular weight is 308 g/mol. The van der Waals surface area contributed by atoms with Crippen molar-refractivity contribution in [2.75, 3.05) is 19.6 Å². The molecule has 3 rings (SSSR count). The van der Waals surface area contributed by atoms with Gasteiger partial charge in [-0.05, 0) is 32.6 Å². The first-order chi connectivity index (χ1) is 10.6. The third-order valence-electron chi connectivity index (χ3n) is 5.10. The second-order valence-electron chi connectivity index (χ2n) is 6.97. The molecule has 2 aliphatic carbocycles. The number of carbonyl (C=O) groups excluding carboxylic acids is 2. The summed E-state index contributed by atoms with van der Waals surface area (Å²) in [6.07, 6.45) is 9.11. The van der Waals surface area contributed by atoms with E-state index in [1.54, 1.807) is 4.90 Å². The molecule has 1 aliphatic heterocycles. The van der Waals surface area contributed by atoms with E-state index in [4.69, 9.17) is 4.74 Å². The van der Waals surface area contributed by atoms with Gasteiger partial charge in [0.2, 0.25) is 5.91 Å². The van der Waals surface area contributed by atoms with Crippen LogP contribution in [0.2, 0.25) is 0 Å². The summed E-state index contributed by atoms with van der Waals surface area (Å²) in [4.78, 5) is 28.3. The molecule has 2 saturated carbocycles. The van der Waals surface area contributed by atoms with Crippen LogP contribution in [0.4, 0.5) is 0 Å². The molecule has 0 aromatic rings. The molecule has 0 aromatic heterocycles. The van der Waals surface area contributed by atoms with E-state index in [2.05, 4.69) is 0 Å². The van der Waals surface area contributed by atoms with Gasteiger partial charge in [-0.15, -0.1) is 0 Å². The molecule has 0 bridgehead atoms. The zero-order chi connectivity index (χ0) is 15.5. The number of ether oxygens (including phenoxy) is 1. The van der Waals surface area contributed by atoms with E-state index in [1.165, 1.54) is 25.7 Å². The molecule has 3 aliphatic rings. The van der Waals surface area contributed by atoms with Crippen molar-refractivity contribution in [1.82, 2.24) is 9.80 Å². The zero-order valence-electron chi connectivity index (χ0n) is 13.6. The van der Waals surface area contributed by atoms with Crippen LogP contribution in [0.15, 0.2) is 0 Å². The maximum Gasteiger partial charge on any atom is 0.251 e. The number of hydrogen-bond donors (Lipinski definition) is 0. The molecule has 0 aromatic carbocycles. The van der Waals surface area contributed by atoms with Crippen LogP contribution in [-0.2, 0) is 14.3 Å². The quantitative estimate of drug-likeness (QED) is 0.746. The summed E-state index contributed by atoms with van der Waals surface area (Å²) in [5.41, 5.74) is 0. The van der Waals surface area contributed by atoms with Gasteiger partial charge in [-0.2, -0.15) is 0 Å². The fourth-order valence-electron chi connectivity index (χ4n) is 3.63. The van der Waals surface area contributed by atoms with E-state index in [0.717, 1.165) is 25.7 Å². The van der Waals surface area contributed by atoms with Crippen molar-refractivity contribution in [2.45, 2.75) is 76.5 Å². The molecule has 0 radical (unpaired) electrons. The lowest BCUT2D eigenvalue weighted by Gasteiger charge is -2.36. The summed E-state index contributed by atoms with van der Waals surface area (Å²) < 4.78 is 5.99. The van der Waals surface area contributed by atoms with Gasteiger partial charge in [0, 0.05) is 19.1 Å². The highest BCUT2D eigenvalue weighted by molar-refractivity contribution is 5.88. The van der Waals surface area contributed by atoms with Gasteiger partial charge in [-0.1, -0.05) is 25.7 Å². The number of rotatable bonds is 4. The smallest absolute Gasteiger partial charge is 0.251 e. The van der Waals surface area contributed by atoms with Gasteiger partial charge in [-0.25, -0.2) is 0 Å². The Morgan fingerprint density at radius 1 is 1.09 bits per heavy atom. The van der Waals surface area contributed by atoms with Gasteiger partial charge in [-0.3, -0.25) is 9.59 Å². The van der Waals surface area contributed by atoms with Gasteiger partial charge >= 0.3 is 0 Å². The highest BCUT2D eigenvalue weighted by Crippen LogP contribution is 2.28. The minimum Gasteiger partial charge on any atom is -0.365 e. The van der Waals surface area contributed by atoms with Crippen LogP contribution in [0, 0.1) is 0 Å². The van der Waals surface area contributed by atoms with Crippen LogP contribution in [0.5, 0.6) is 0 Å². The fraction of sp³-hybridized carbons (Fsp3) is 0.882. The van der Waals surface area contributed by atoms with Crippen molar-refractivity contribution in [3.05, 3.63) is 0 Å². The van der Waals surface area contributed by atoms with Gasteiger partial charge in [0.05, 0.1) is 12.6 Å². The van der Waals surface area contributed by atoms with E-state index in [0.29, 0.717) is 19.1 Å². The second-order valence-corrected chi connectivity index (χ2v) is 6.97. The lowest BCUT2D eigenvalue weighted by Crippen LogP contribution is -2.55. The van der Waals surface area contributed by atoms with Gasteiger partial charge in [0.15, 0.2) is 0 Å². The van der Waals surface area contributed by atoms with Crippen LogP contribution in [0.25, 0.3) is 0 Å². The molecule has 0 unspecified atom stereocenters. The van der Waals surface area contributed by atoms with E-state index in [-0.39, 0.29) is 24.5 Å². The Kier molecular flexibility index (Phi) is 5.01. The Hall–Kier alpha value is -1.10. The molecule has 2 amide bonds. The number of amides is 2. The Morgan fingerprint density at radius 2 is 1.77 bits per heavy atom. The average Bonchev–Trinajstić information content (AvgIpc) is 3.33. The third-order valence-corrected chi connectivity index (χ3v) is 5.10. The maximum absolute atomic E-state index is 12.5. The molecular formula is C17H28N2O3. The second kappa shape index (κ2) is 6.99. The summed E-state index contributed by atoms with van der Waals surface area (Å²) in [5, 5.41) is 0. The minimum atomic E-state index is -0.427. The van der Waals surface area contributed by atoms with Gasteiger partial charge in [0.25, 0.3) is 5.91 Å².